The Morgan fingerprint density at radius 1 is 1.05 bits per heavy atom. The van der Waals surface area contributed by atoms with Crippen molar-refractivity contribution in [3.05, 3.63) is 40.3 Å². The topological polar surface area (TPSA) is 111 Å². The molecule has 0 N–H and O–H groups in total. The van der Waals surface area contributed by atoms with Crippen LogP contribution in [-0.2, 0) is 23.8 Å². The molecule has 0 aliphatic carbocycles. The van der Waals surface area contributed by atoms with Crippen LogP contribution in [0.15, 0.2) is 34.3 Å². The highest BCUT2D eigenvalue weighted by molar-refractivity contribution is 7.86. The maximum absolute atomic E-state index is 11.8. The summed E-state index contributed by atoms with van der Waals surface area (Å²) in [7, 11) is -3.74. The van der Waals surface area contributed by atoms with Crippen LogP contribution in [0.5, 0.6) is 0 Å². The average Bonchev–Trinajstić information content (AvgIpc) is 2.49. The number of rotatable bonds is 11. The minimum Gasteiger partial charge on any atom is -0.379 e. The molecule has 0 aromatic heterocycles. The highest BCUT2D eigenvalue weighted by Gasteiger charge is 2.14. The van der Waals surface area contributed by atoms with E-state index in [9.17, 15) is 8.42 Å². The van der Waals surface area contributed by atoms with Crippen molar-refractivity contribution in [2.24, 2.45) is 5.11 Å². The van der Waals surface area contributed by atoms with Gasteiger partial charge in [0, 0.05) is 11.5 Å². The first-order chi connectivity index (χ1) is 10.6. The van der Waals surface area contributed by atoms with Gasteiger partial charge in [0.05, 0.1) is 37.9 Å². The lowest BCUT2D eigenvalue weighted by Crippen LogP contribution is -2.14. The Morgan fingerprint density at radius 3 is 2.27 bits per heavy atom. The summed E-state index contributed by atoms with van der Waals surface area (Å²) in [4.78, 5) is 2.71. The number of azide groups is 1. The zero-order valence-electron chi connectivity index (χ0n) is 12.3. The molecule has 1 aromatic carbocycles. The minimum absolute atomic E-state index is 0.0606. The van der Waals surface area contributed by atoms with Crippen molar-refractivity contribution in [3.8, 4) is 0 Å². The summed E-state index contributed by atoms with van der Waals surface area (Å²) in [6, 6.07) is 6.42. The first-order valence-electron chi connectivity index (χ1n) is 6.69. The van der Waals surface area contributed by atoms with Gasteiger partial charge < -0.3 is 9.47 Å². The van der Waals surface area contributed by atoms with E-state index in [1.54, 1.807) is 12.1 Å². The van der Waals surface area contributed by atoms with E-state index in [0.717, 1.165) is 5.56 Å². The van der Waals surface area contributed by atoms with E-state index in [1.807, 2.05) is 6.92 Å². The fourth-order valence-electron chi connectivity index (χ4n) is 1.45. The molecule has 0 aliphatic heterocycles. The summed E-state index contributed by atoms with van der Waals surface area (Å²) in [6.07, 6.45) is 0. The van der Waals surface area contributed by atoms with Gasteiger partial charge in [0.15, 0.2) is 0 Å². The van der Waals surface area contributed by atoms with Crippen molar-refractivity contribution in [2.75, 3.05) is 39.6 Å². The van der Waals surface area contributed by atoms with Gasteiger partial charge in [-0.1, -0.05) is 22.8 Å². The maximum Gasteiger partial charge on any atom is 0.297 e. The monoisotopic (exact) mass is 329 g/mol. The Morgan fingerprint density at radius 2 is 1.64 bits per heavy atom. The second-order valence-corrected chi connectivity index (χ2v) is 5.88. The largest absolute Gasteiger partial charge is 0.379 e. The van der Waals surface area contributed by atoms with E-state index in [0.29, 0.717) is 19.8 Å². The zero-order valence-corrected chi connectivity index (χ0v) is 13.2. The van der Waals surface area contributed by atoms with Crippen molar-refractivity contribution in [1.29, 1.82) is 0 Å². The summed E-state index contributed by atoms with van der Waals surface area (Å²) >= 11 is 0. The summed E-state index contributed by atoms with van der Waals surface area (Å²) in [6.45, 7) is 3.20. The normalized spacial score (nSPS) is 11.1. The van der Waals surface area contributed by atoms with E-state index >= 15 is 0 Å². The van der Waals surface area contributed by atoms with Gasteiger partial charge in [0.2, 0.25) is 0 Å². The zero-order chi connectivity index (χ0) is 16.3. The van der Waals surface area contributed by atoms with Crippen LogP contribution >= 0.6 is 0 Å². The maximum atomic E-state index is 11.8. The summed E-state index contributed by atoms with van der Waals surface area (Å²) in [5.74, 6) is 0. The Labute approximate surface area is 129 Å². The van der Waals surface area contributed by atoms with Crippen molar-refractivity contribution < 1.29 is 22.1 Å². The molecule has 0 aliphatic rings. The number of hydrogen-bond acceptors (Lipinski definition) is 6. The second-order valence-electron chi connectivity index (χ2n) is 4.27. The fraction of sp³-hybridized carbons (Fsp3) is 0.538. The predicted octanol–water partition coefficient (Wildman–Crippen LogP) is 2.04. The number of benzene rings is 1. The molecule has 1 aromatic rings. The van der Waals surface area contributed by atoms with Crippen LogP contribution in [0.1, 0.15) is 5.56 Å². The van der Waals surface area contributed by atoms with Gasteiger partial charge in [0.25, 0.3) is 10.1 Å². The molecule has 8 nitrogen and oxygen atoms in total. The van der Waals surface area contributed by atoms with E-state index in [1.165, 1.54) is 12.1 Å². The average molecular weight is 329 g/mol. The minimum atomic E-state index is -3.74. The number of aryl methyl sites for hydroxylation is 1. The van der Waals surface area contributed by atoms with Gasteiger partial charge >= 0.3 is 0 Å². The molecule has 0 saturated heterocycles. The van der Waals surface area contributed by atoms with Crippen LogP contribution in [0.3, 0.4) is 0 Å². The molecule has 0 bridgehead atoms. The third kappa shape index (κ3) is 7.39. The standard InChI is InChI=1S/C13H19N3O5S/c1-12-2-4-13(5-3-12)22(17,18)21-11-10-20-9-8-19-7-6-15-16-14/h2-5H,6-11H2,1H3. The summed E-state index contributed by atoms with van der Waals surface area (Å²) in [5, 5.41) is 3.31. The van der Waals surface area contributed by atoms with Gasteiger partial charge in [-0.05, 0) is 24.6 Å². The molecule has 0 unspecified atom stereocenters. The van der Waals surface area contributed by atoms with Crippen LogP contribution < -0.4 is 0 Å². The molecule has 0 atom stereocenters. The lowest BCUT2D eigenvalue weighted by atomic mass is 10.2. The molecule has 0 spiro atoms. The Kier molecular flexibility index (Phi) is 8.49. The van der Waals surface area contributed by atoms with E-state index in [-0.39, 0.29) is 24.7 Å². The van der Waals surface area contributed by atoms with Crippen LogP contribution in [0.25, 0.3) is 10.4 Å². The van der Waals surface area contributed by atoms with Crippen molar-refractivity contribution >= 4 is 10.1 Å². The molecule has 0 radical (unpaired) electrons. The van der Waals surface area contributed by atoms with Crippen LogP contribution in [0.4, 0.5) is 0 Å². The second kappa shape index (κ2) is 10.1. The highest BCUT2D eigenvalue weighted by atomic mass is 32.2. The Hall–Kier alpha value is -1.64. The number of hydrogen-bond donors (Lipinski definition) is 0. The third-order valence-corrected chi connectivity index (χ3v) is 3.87. The molecular formula is C13H19N3O5S. The van der Waals surface area contributed by atoms with Crippen molar-refractivity contribution in [3.63, 3.8) is 0 Å². The van der Waals surface area contributed by atoms with Crippen LogP contribution in [-0.4, -0.2) is 48.0 Å². The molecule has 0 saturated carbocycles. The van der Waals surface area contributed by atoms with E-state index in [4.69, 9.17) is 19.2 Å². The van der Waals surface area contributed by atoms with E-state index in [2.05, 4.69) is 10.0 Å². The molecule has 0 amide bonds. The predicted molar refractivity (Wildman–Crippen MR) is 80.0 cm³/mol. The number of ether oxygens (including phenoxy) is 2. The van der Waals surface area contributed by atoms with E-state index < -0.39 is 10.1 Å². The molecule has 0 fully saturated rings. The van der Waals surface area contributed by atoms with Crippen molar-refractivity contribution in [1.82, 2.24) is 0 Å². The molecule has 1 rings (SSSR count). The summed E-state index contributed by atoms with van der Waals surface area (Å²) in [5.41, 5.74) is 9.02. The molecular weight excluding hydrogens is 310 g/mol. The lowest BCUT2D eigenvalue weighted by Gasteiger charge is -2.07. The number of nitrogens with zero attached hydrogens (tertiary/aromatic N) is 3. The fourth-order valence-corrected chi connectivity index (χ4v) is 2.34. The van der Waals surface area contributed by atoms with Gasteiger partial charge in [0.1, 0.15) is 0 Å². The SMILES string of the molecule is Cc1ccc(S(=O)(=O)OCCOCCOCCN=[N+]=[N-])cc1. The summed E-state index contributed by atoms with van der Waals surface area (Å²) < 4.78 is 38.8. The Bertz CT molecular complexity index is 582. The molecule has 0 heterocycles. The first-order valence-corrected chi connectivity index (χ1v) is 8.09. The lowest BCUT2D eigenvalue weighted by molar-refractivity contribution is 0.0396. The third-order valence-electron chi connectivity index (χ3n) is 2.55. The smallest absolute Gasteiger partial charge is 0.297 e. The van der Waals surface area contributed by atoms with Gasteiger partial charge in [-0.15, -0.1) is 0 Å². The van der Waals surface area contributed by atoms with Gasteiger partial charge in [-0.25, -0.2) is 0 Å². The van der Waals surface area contributed by atoms with Crippen molar-refractivity contribution in [2.45, 2.75) is 11.8 Å². The van der Waals surface area contributed by atoms with Gasteiger partial charge in [-0.2, -0.15) is 8.42 Å². The molecule has 22 heavy (non-hydrogen) atoms. The molecule has 9 heteroatoms. The van der Waals surface area contributed by atoms with Crippen LogP contribution in [0.2, 0.25) is 0 Å². The highest BCUT2D eigenvalue weighted by Crippen LogP contribution is 2.12. The van der Waals surface area contributed by atoms with Crippen LogP contribution in [0, 0.1) is 6.92 Å². The Balaban J connectivity index is 2.13. The quantitative estimate of drug-likeness (QED) is 0.203. The first kappa shape index (κ1) is 18.4. The molecule has 122 valence electrons. The van der Waals surface area contributed by atoms with Gasteiger partial charge in [-0.3, -0.25) is 4.18 Å².